The highest BCUT2D eigenvalue weighted by atomic mass is 19.4. The fourth-order valence-corrected chi connectivity index (χ4v) is 1.90. The molecule has 102 valence electrons. The van der Waals surface area contributed by atoms with Gasteiger partial charge in [0.15, 0.2) is 0 Å². The second-order valence-corrected chi connectivity index (χ2v) is 4.28. The smallest absolute Gasteiger partial charge is 0.354 e. The Balaban J connectivity index is 2.50. The Bertz CT molecular complexity index is 670. The zero-order chi connectivity index (χ0) is 14.8. The first-order valence-electron chi connectivity index (χ1n) is 5.86. The van der Waals surface area contributed by atoms with E-state index < -0.39 is 11.7 Å². The number of nitrogens with one attached hydrogen (secondary N) is 1. The molecule has 0 amide bonds. The predicted octanol–water partition coefficient (Wildman–Crippen LogP) is 4.63. The summed E-state index contributed by atoms with van der Waals surface area (Å²) in [5.74, 6) is 0. The summed E-state index contributed by atoms with van der Waals surface area (Å²) in [6.07, 6.45) is -4.45. The molecule has 2 aromatic carbocycles. The van der Waals surface area contributed by atoms with E-state index in [0.717, 1.165) is 6.07 Å². The molecule has 5 heteroatoms. The number of nitriles is 1. The zero-order valence-corrected chi connectivity index (χ0v) is 10.6. The van der Waals surface area contributed by atoms with E-state index in [-0.39, 0.29) is 5.69 Å². The summed E-state index contributed by atoms with van der Waals surface area (Å²) in [7, 11) is 0. The Hall–Kier alpha value is -2.48. The van der Waals surface area contributed by atoms with Crippen molar-refractivity contribution in [2.75, 3.05) is 5.32 Å². The maximum absolute atomic E-state index is 12.9. The Labute approximate surface area is 114 Å². The first-order chi connectivity index (χ1) is 9.43. The number of halogens is 3. The van der Waals surface area contributed by atoms with Crippen LogP contribution < -0.4 is 5.32 Å². The molecule has 2 rings (SSSR count). The second-order valence-electron chi connectivity index (χ2n) is 4.28. The highest BCUT2D eigenvalue weighted by Gasteiger charge is 2.33. The molecule has 0 saturated heterocycles. The van der Waals surface area contributed by atoms with E-state index in [1.807, 2.05) is 6.07 Å². The molecule has 0 atom stereocenters. The van der Waals surface area contributed by atoms with Crippen LogP contribution >= 0.6 is 0 Å². The van der Waals surface area contributed by atoms with Crippen molar-refractivity contribution in [2.45, 2.75) is 13.1 Å². The number of hydrogen-bond acceptors (Lipinski definition) is 2. The summed E-state index contributed by atoms with van der Waals surface area (Å²) in [5.41, 5.74) is 0.590. The van der Waals surface area contributed by atoms with Gasteiger partial charge < -0.3 is 5.32 Å². The number of rotatable bonds is 2. The van der Waals surface area contributed by atoms with Gasteiger partial charge in [0.25, 0.3) is 0 Å². The van der Waals surface area contributed by atoms with Crippen LogP contribution in [0.5, 0.6) is 0 Å². The van der Waals surface area contributed by atoms with Gasteiger partial charge in [-0.05, 0) is 30.7 Å². The molecule has 0 fully saturated rings. The van der Waals surface area contributed by atoms with Gasteiger partial charge in [-0.3, -0.25) is 0 Å². The number of nitrogens with zero attached hydrogens (tertiary/aromatic N) is 1. The molecule has 0 aliphatic carbocycles. The van der Waals surface area contributed by atoms with Gasteiger partial charge in [-0.2, -0.15) is 18.4 Å². The summed E-state index contributed by atoms with van der Waals surface area (Å²) in [4.78, 5) is 0. The number of aryl methyl sites for hydroxylation is 1. The first kappa shape index (κ1) is 13.9. The van der Waals surface area contributed by atoms with Gasteiger partial charge in [-0.15, -0.1) is 0 Å². The normalized spacial score (nSPS) is 10.9. The number of para-hydroxylation sites is 2. The van der Waals surface area contributed by atoms with Crippen molar-refractivity contribution in [1.82, 2.24) is 0 Å². The lowest BCUT2D eigenvalue weighted by atomic mass is 10.1. The first-order valence-corrected chi connectivity index (χ1v) is 5.86. The van der Waals surface area contributed by atoms with Crippen molar-refractivity contribution in [3.8, 4) is 6.07 Å². The van der Waals surface area contributed by atoms with Gasteiger partial charge in [-0.25, -0.2) is 0 Å². The molecule has 2 nitrogen and oxygen atoms in total. The number of anilines is 2. The third kappa shape index (κ3) is 2.75. The monoisotopic (exact) mass is 276 g/mol. The maximum Gasteiger partial charge on any atom is 0.418 e. The van der Waals surface area contributed by atoms with Crippen LogP contribution in [0.4, 0.5) is 24.5 Å². The Morgan fingerprint density at radius 2 is 1.75 bits per heavy atom. The molecule has 0 radical (unpaired) electrons. The van der Waals surface area contributed by atoms with Gasteiger partial charge in [-0.1, -0.05) is 24.3 Å². The largest absolute Gasteiger partial charge is 0.418 e. The quantitative estimate of drug-likeness (QED) is 0.868. The predicted molar refractivity (Wildman–Crippen MR) is 70.6 cm³/mol. The molecule has 0 aliphatic heterocycles. The average Bonchev–Trinajstić information content (AvgIpc) is 2.40. The van der Waals surface area contributed by atoms with Crippen molar-refractivity contribution in [3.63, 3.8) is 0 Å². The molecular formula is C15H11F3N2. The van der Waals surface area contributed by atoms with Crippen molar-refractivity contribution < 1.29 is 13.2 Å². The van der Waals surface area contributed by atoms with Gasteiger partial charge in [0.2, 0.25) is 0 Å². The number of hydrogen-bond donors (Lipinski definition) is 1. The van der Waals surface area contributed by atoms with Gasteiger partial charge in [0, 0.05) is 0 Å². The number of benzene rings is 2. The van der Waals surface area contributed by atoms with Crippen molar-refractivity contribution >= 4 is 11.4 Å². The molecule has 0 aromatic heterocycles. The van der Waals surface area contributed by atoms with Gasteiger partial charge in [0.05, 0.1) is 22.5 Å². The maximum atomic E-state index is 12.9. The molecule has 0 spiro atoms. The molecule has 0 saturated carbocycles. The topological polar surface area (TPSA) is 35.8 Å². The van der Waals surface area contributed by atoms with Crippen LogP contribution in [0, 0.1) is 18.3 Å². The SMILES string of the molecule is Cc1cccc(C#N)c1Nc1ccccc1C(F)(F)F. The summed E-state index contributed by atoms with van der Waals surface area (Å²) in [6, 6.07) is 12.2. The Morgan fingerprint density at radius 1 is 1.05 bits per heavy atom. The minimum atomic E-state index is -4.45. The molecule has 20 heavy (non-hydrogen) atoms. The molecule has 0 unspecified atom stereocenters. The zero-order valence-electron chi connectivity index (χ0n) is 10.6. The van der Waals surface area contributed by atoms with Crippen LogP contribution in [-0.4, -0.2) is 0 Å². The number of alkyl halides is 3. The average molecular weight is 276 g/mol. The summed E-state index contributed by atoms with van der Waals surface area (Å²) < 4.78 is 38.8. The molecule has 0 aliphatic rings. The minimum absolute atomic E-state index is 0.0641. The summed E-state index contributed by atoms with van der Waals surface area (Å²) in [6.45, 7) is 1.74. The Morgan fingerprint density at radius 3 is 2.40 bits per heavy atom. The van der Waals surface area contributed by atoms with Crippen LogP contribution in [0.1, 0.15) is 16.7 Å². The van der Waals surface area contributed by atoms with Crippen molar-refractivity contribution in [1.29, 1.82) is 5.26 Å². The lowest BCUT2D eigenvalue weighted by molar-refractivity contribution is -0.136. The third-order valence-electron chi connectivity index (χ3n) is 2.89. The van der Waals surface area contributed by atoms with E-state index in [1.54, 1.807) is 25.1 Å². The molecule has 0 heterocycles. The van der Waals surface area contributed by atoms with Crippen LogP contribution in [0.3, 0.4) is 0 Å². The van der Waals surface area contributed by atoms with E-state index in [0.29, 0.717) is 16.8 Å². The molecular weight excluding hydrogens is 265 g/mol. The summed E-state index contributed by atoms with van der Waals surface area (Å²) in [5, 5.41) is 11.8. The van der Waals surface area contributed by atoms with Crippen molar-refractivity contribution in [3.05, 3.63) is 59.2 Å². The van der Waals surface area contributed by atoms with E-state index in [4.69, 9.17) is 5.26 Å². The molecule has 0 bridgehead atoms. The standard InChI is InChI=1S/C15H11F3N2/c1-10-5-4-6-11(9-19)14(10)20-13-8-3-2-7-12(13)15(16,17)18/h2-8,20H,1H3. The van der Waals surface area contributed by atoms with Gasteiger partial charge >= 0.3 is 6.18 Å². The van der Waals surface area contributed by atoms with E-state index in [1.165, 1.54) is 18.2 Å². The van der Waals surface area contributed by atoms with Gasteiger partial charge in [0.1, 0.15) is 6.07 Å². The van der Waals surface area contributed by atoms with Crippen LogP contribution in [0.25, 0.3) is 0 Å². The lowest BCUT2D eigenvalue weighted by Crippen LogP contribution is -2.09. The third-order valence-corrected chi connectivity index (χ3v) is 2.89. The molecule has 1 N–H and O–H groups in total. The van der Waals surface area contributed by atoms with Crippen molar-refractivity contribution in [2.24, 2.45) is 0 Å². The minimum Gasteiger partial charge on any atom is -0.354 e. The summed E-state index contributed by atoms with van der Waals surface area (Å²) >= 11 is 0. The van der Waals surface area contributed by atoms with E-state index >= 15 is 0 Å². The highest BCUT2D eigenvalue weighted by molar-refractivity contribution is 5.71. The van der Waals surface area contributed by atoms with Crippen LogP contribution in [-0.2, 0) is 6.18 Å². The Kier molecular flexibility index (Phi) is 3.66. The second kappa shape index (κ2) is 5.25. The van der Waals surface area contributed by atoms with E-state index in [9.17, 15) is 13.2 Å². The fraction of sp³-hybridized carbons (Fsp3) is 0.133. The lowest BCUT2D eigenvalue weighted by Gasteiger charge is -2.16. The van der Waals surface area contributed by atoms with Crippen LogP contribution in [0.15, 0.2) is 42.5 Å². The van der Waals surface area contributed by atoms with E-state index in [2.05, 4.69) is 5.32 Å². The fourth-order valence-electron chi connectivity index (χ4n) is 1.90. The molecule has 2 aromatic rings. The highest BCUT2D eigenvalue weighted by Crippen LogP contribution is 2.36. The van der Waals surface area contributed by atoms with Crippen LogP contribution in [0.2, 0.25) is 0 Å².